The largest absolute Gasteiger partial charge is 0.467 e. The molecule has 5 atom stereocenters. The minimum absolute atomic E-state index is 0.0307. The lowest BCUT2D eigenvalue weighted by Gasteiger charge is -2.30. The van der Waals surface area contributed by atoms with E-state index >= 15 is 0 Å². The van der Waals surface area contributed by atoms with Gasteiger partial charge in [-0.3, -0.25) is 33.6 Å². The first kappa shape index (κ1) is 71.2. The summed E-state index contributed by atoms with van der Waals surface area (Å²) in [5.74, 6) is -2.73. The number of hydrogen-bond acceptors (Lipinski definition) is 13. The number of nitrogens with zero attached hydrogens (tertiary/aromatic N) is 1. The number of nitrogens with two attached hydrogens (primary N) is 1. The Kier molecular flexibility index (Phi) is 40.7. The summed E-state index contributed by atoms with van der Waals surface area (Å²) < 4.78 is 5.04. The van der Waals surface area contributed by atoms with Gasteiger partial charge in [-0.1, -0.05) is 145 Å². The molecule has 1 heterocycles. The second-order valence-corrected chi connectivity index (χ2v) is 24.2. The lowest BCUT2D eigenvalue weighted by Crippen LogP contribution is -2.57. The first-order valence-corrected chi connectivity index (χ1v) is 32.1. The van der Waals surface area contributed by atoms with Crippen molar-refractivity contribution in [2.75, 3.05) is 56.0 Å². The number of likely N-dealkylation sites (tertiary alicyclic amines) is 1. The molecule has 1 aliphatic heterocycles. The van der Waals surface area contributed by atoms with Crippen molar-refractivity contribution in [2.45, 2.75) is 220 Å². The number of carbonyl (C=O) groups excluding carboxylic acids is 8. The zero-order chi connectivity index (χ0) is 57.4. The molecule has 0 aromatic carbocycles. The summed E-state index contributed by atoms with van der Waals surface area (Å²) in [6, 6.07) is -5.04. The summed E-state index contributed by atoms with van der Waals surface area (Å²) in [6.07, 6.45) is 29.8. The molecule has 0 aliphatic carbocycles. The Morgan fingerprint density at radius 1 is 0.688 bits per heavy atom. The van der Waals surface area contributed by atoms with Gasteiger partial charge < -0.3 is 42.0 Å². The molecule has 1 aliphatic rings. The van der Waals surface area contributed by atoms with E-state index in [0.717, 1.165) is 63.1 Å². The SMILES string of the molecule is CCCCCCCCCCCCCCCC(=O)SC[C@H](NC(=O)CN)C(=O)N[C@@H](CCSC)C(=O)NCC(=O)N[C@@H](CC(C)C)C(=O)N1CCC[C@H]1C(=O)N[C@@H](CSC/C=C(\C)CC/C=C(\C)CCC=C(C)C)C(=O)OC. The molecular formula is C58H101N7O9S3. The van der Waals surface area contributed by atoms with Crippen LogP contribution in [-0.2, 0) is 43.1 Å². The first-order chi connectivity index (χ1) is 36.9. The number of carbonyl (C=O) groups is 8. The zero-order valence-corrected chi connectivity index (χ0v) is 51.1. The lowest BCUT2D eigenvalue weighted by atomic mass is 10.0. The number of methoxy groups -OCH3 is 1. The monoisotopic (exact) mass is 1140 g/mol. The average molecular weight is 1140 g/mol. The summed E-state index contributed by atoms with van der Waals surface area (Å²) in [5.41, 5.74) is 9.50. The standard InChI is InChI=1S/C58H101N7O9S3/c1-10-11-12-13-14-15-16-17-18-19-20-21-22-31-53(68)77-41-48(62-51(66)38-59)55(70)63-46(33-35-75-9)54(69)60-39-52(67)61-47(37-43(4)5)57(72)65-34-25-30-50(65)56(71)64-49(58(73)74-8)40-76-36-32-45(7)29-24-28-44(6)27-23-26-42(2)3/h26,28,32,43,46-50H,10-25,27,29-31,33-41,59H2,1-9H3,(H,60,69)(H,61,67)(H,62,66)(H,63,70)(H,64,71)/b44-28+,45-32+/t46-,47-,48-,49-,50-/m0/s1. The van der Waals surface area contributed by atoms with Crippen LogP contribution in [0.2, 0.25) is 0 Å². The van der Waals surface area contributed by atoms with E-state index in [1.54, 1.807) is 0 Å². The number of thioether (sulfide) groups is 3. The highest BCUT2D eigenvalue weighted by Gasteiger charge is 2.39. The van der Waals surface area contributed by atoms with Crippen molar-refractivity contribution in [3.05, 3.63) is 34.9 Å². The van der Waals surface area contributed by atoms with Gasteiger partial charge in [-0.15, -0.1) is 0 Å². The van der Waals surface area contributed by atoms with Gasteiger partial charge in [0.15, 0.2) is 5.12 Å². The molecule has 0 saturated carbocycles. The van der Waals surface area contributed by atoms with Crippen LogP contribution in [0.1, 0.15) is 190 Å². The highest BCUT2D eigenvalue weighted by atomic mass is 32.2. The van der Waals surface area contributed by atoms with E-state index in [1.165, 1.54) is 110 Å². The predicted molar refractivity (Wildman–Crippen MR) is 320 cm³/mol. The van der Waals surface area contributed by atoms with Gasteiger partial charge in [0.25, 0.3) is 0 Å². The number of amides is 6. The normalized spacial score (nSPS) is 15.3. The van der Waals surface area contributed by atoms with E-state index in [0.29, 0.717) is 30.8 Å². The fourth-order valence-electron chi connectivity index (χ4n) is 8.79. The molecule has 6 amide bonds. The Bertz CT molecular complexity index is 1880. The van der Waals surface area contributed by atoms with Crippen molar-refractivity contribution in [1.29, 1.82) is 0 Å². The van der Waals surface area contributed by atoms with E-state index < -0.39 is 78.2 Å². The molecule has 0 radical (unpaired) electrons. The Balaban J connectivity index is 2.84. The third kappa shape index (κ3) is 34.1. The van der Waals surface area contributed by atoms with Crippen LogP contribution in [0.5, 0.6) is 0 Å². The van der Waals surface area contributed by atoms with Gasteiger partial charge in [-0.25, -0.2) is 4.79 Å². The minimum atomic E-state index is -1.14. The third-order valence-corrected chi connectivity index (χ3v) is 16.0. The molecule has 440 valence electrons. The van der Waals surface area contributed by atoms with Crippen LogP contribution in [-0.4, -0.2) is 138 Å². The Labute approximate surface area is 476 Å². The van der Waals surface area contributed by atoms with Gasteiger partial charge in [0, 0.05) is 30.2 Å². The van der Waals surface area contributed by atoms with Gasteiger partial charge >= 0.3 is 5.97 Å². The van der Waals surface area contributed by atoms with Gasteiger partial charge in [-0.2, -0.15) is 23.5 Å². The summed E-state index contributed by atoms with van der Waals surface area (Å²) in [6.45, 7) is 13.9. The molecule has 0 unspecified atom stereocenters. The second kappa shape index (κ2) is 44.0. The molecule has 19 heteroatoms. The molecule has 16 nitrogen and oxygen atoms in total. The highest BCUT2D eigenvalue weighted by molar-refractivity contribution is 8.13. The van der Waals surface area contributed by atoms with Crippen molar-refractivity contribution in [2.24, 2.45) is 11.7 Å². The molecule has 1 saturated heterocycles. The summed E-state index contributed by atoms with van der Waals surface area (Å²) in [4.78, 5) is 108. The van der Waals surface area contributed by atoms with Gasteiger partial charge in [0.2, 0.25) is 35.4 Å². The number of esters is 1. The Morgan fingerprint density at radius 2 is 1.29 bits per heavy atom. The predicted octanol–water partition coefficient (Wildman–Crippen LogP) is 8.86. The van der Waals surface area contributed by atoms with Crippen LogP contribution in [0.3, 0.4) is 0 Å². The third-order valence-electron chi connectivity index (χ3n) is 13.3. The summed E-state index contributed by atoms with van der Waals surface area (Å²) >= 11 is 3.92. The number of nitrogens with one attached hydrogen (secondary N) is 5. The van der Waals surface area contributed by atoms with Crippen LogP contribution in [0.25, 0.3) is 0 Å². The molecular weight excluding hydrogens is 1030 g/mol. The van der Waals surface area contributed by atoms with Crippen molar-refractivity contribution in [1.82, 2.24) is 31.5 Å². The number of allylic oxidation sites excluding steroid dienone is 5. The topological polar surface area (TPSA) is 235 Å². The maximum Gasteiger partial charge on any atom is 0.329 e. The molecule has 0 aromatic heterocycles. The van der Waals surface area contributed by atoms with Crippen LogP contribution in [0.15, 0.2) is 34.9 Å². The first-order valence-electron chi connectivity index (χ1n) is 28.6. The number of ether oxygens (including phenoxy) is 1. The van der Waals surface area contributed by atoms with E-state index in [4.69, 9.17) is 10.5 Å². The van der Waals surface area contributed by atoms with E-state index in [9.17, 15) is 38.4 Å². The maximum absolute atomic E-state index is 14.2. The molecule has 0 aromatic rings. The van der Waals surface area contributed by atoms with Gasteiger partial charge in [-0.05, 0) is 103 Å². The van der Waals surface area contributed by atoms with E-state index in [1.807, 2.05) is 20.1 Å². The lowest BCUT2D eigenvalue weighted by molar-refractivity contribution is -0.146. The molecule has 1 rings (SSSR count). The molecule has 0 spiro atoms. The smallest absolute Gasteiger partial charge is 0.329 e. The quantitative estimate of drug-likeness (QED) is 0.0190. The average Bonchev–Trinajstić information content (AvgIpc) is 3.89. The number of hydrogen-bond donors (Lipinski definition) is 6. The maximum atomic E-state index is 14.2. The van der Waals surface area contributed by atoms with Gasteiger partial charge in [0.1, 0.15) is 30.2 Å². The zero-order valence-electron chi connectivity index (χ0n) is 48.6. The van der Waals surface area contributed by atoms with Crippen LogP contribution in [0.4, 0.5) is 0 Å². The fraction of sp³-hybridized carbons (Fsp3) is 0.759. The fourth-order valence-corrected chi connectivity index (χ4v) is 11.1. The summed E-state index contributed by atoms with van der Waals surface area (Å²) in [5, 5.41) is 13.4. The van der Waals surface area contributed by atoms with E-state index in [-0.39, 0.29) is 48.5 Å². The molecule has 77 heavy (non-hydrogen) atoms. The van der Waals surface area contributed by atoms with E-state index in [2.05, 4.69) is 79.4 Å². The minimum Gasteiger partial charge on any atom is -0.467 e. The van der Waals surface area contributed by atoms with Crippen molar-refractivity contribution in [3.63, 3.8) is 0 Å². The van der Waals surface area contributed by atoms with Crippen molar-refractivity contribution in [3.8, 4) is 0 Å². The summed E-state index contributed by atoms with van der Waals surface area (Å²) in [7, 11) is 1.27. The second-order valence-electron chi connectivity index (χ2n) is 21.1. The van der Waals surface area contributed by atoms with Crippen molar-refractivity contribution >= 4 is 81.8 Å². The Morgan fingerprint density at radius 3 is 1.87 bits per heavy atom. The van der Waals surface area contributed by atoms with Gasteiger partial charge in [0.05, 0.1) is 20.2 Å². The number of unbranched alkanes of at least 4 members (excludes halogenated alkanes) is 12. The van der Waals surface area contributed by atoms with Crippen LogP contribution >= 0.6 is 35.3 Å². The Hall–Kier alpha value is -3.81. The van der Waals surface area contributed by atoms with Crippen LogP contribution < -0.4 is 32.3 Å². The van der Waals surface area contributed by atoms with Crippen LogP contribution in [0, 0.1) is 5.92 Å². The van der Waals surface area contributed by atoms with Crippen molar-refractivity contribution < 1.29 is 43.1 Å². The molecule has 0 bridgehead atoms. The number of rotatable bonds is 43. The molecule has 7 N–H and O–H groups in total. The molecule has 1 fully saturated rings. The highest BCUT2D eigenvalue weighted by Crippen LogP contribution is 2.22.